The third-order valence-corrected chi connectivity index (χ3v) is 3.29. The van der Waals surface area contributed by atoms with Crippen LogP contribution in [0.1, 0.15) is 31.7 Å². The molecule has 1 nitrogen and oxygen atoms in total. The number of hydrogen-bond acceptors (Lipinski definition) is 1. The maximum absolute atomic E-state index is 5.64. The van der Waals surface area contributed by atoms with Crippen LogP contribution in [0.2, 0.25) is 0 Å². The van der Waals surface area contributed by atoms with Gasteiger partial charge in [-0.15, -0.1) is 0 Å². The molecule has 0 atom stereocenters. The zero-order valence-electron chi connectivity index (χ0n) is 8.87. The largest absolute Gasteiger partial charge is 0.399 e. The van der Waals surface area contributed by atoms with Crippen molar-refractivity contribution in [3.8, 4) is 0 Å². The van der Waals surface area contributed by atoms with Crippen LogP contribution < -0.4 is 5.73 Å². The molecule has 0 bridgehead atoms. The van der Waals surface area contributed by atoms with Gasteiger partial charge < -0.3 is 5.73 Å². The molecule has 1 aliphatic carbocycles. The van der Waals surface area contributed by atoms with Crippen molar-refractivity contribution in [3.05, 3.63) is 29.8 Å². The van der Waals surface area contributed by atoms with Crippen LogP contribution in [0.3, 0.4) is 0 Å². The molecule has 1 aliphatic rings. The lowest BCUT2D eigenvalue weighted by Crippen LogP contribution is -2.21. The minimum atomic E-state index is 0.867. The van der Waals surface area contributed by atoms with E-state index in [-0.39, 0.29) is 0 Å². The fourth-order valence-electron chi connectivity index (χ4n) is 2.36. The molecule has 0 radical (unpaired) electrons. The first-order valence-corrected chi connectivity index (χ1v) is 5.58. The standard InChI is InChI=1S/C13H19N/c1-10-8-12(9-10)3-2-11-4-6-13(14)7-5-11/h4-7,10,12H,2-3,8-9,14H2,1H3. The molecular formula is C13H19N. The number of anilines is 1. The van der Waals surface area contributed by atoms with Crippen LogP contribution in [0.25, 0.3) is 0 Å². The molecule has 0 heterocycles. The lowest BCUT2D eigenvalue weighted by atomic mass is 9.73. The van der Waals surface area contributed by atoms with E-state index in [2.05, 4.69) is 19.1 Å². The average Bonchev–Trinajstić information content (AvgIpc) is 2.13. The second-order valence-corrected chi connectivity index (χ2v) is 4.72. The van der Waals surface area contributed by atoms with Crippen LogP contribution in [0, 0.1) is 11.8 Å². The van der Waals surface area contributed by atoms with Gasteiger partial charge in [-0.25, -0.2) is 0 Å². The van der Waals surface area contributed by atoms with E-state index in [1.165, 1.54) is 31.2 Å². The zero-order chi connectivity index (χ0) is 9.97. The van der Waals surface area contributed by atoms with Crippen molar-refractivity contribution < 1.29 is 0 Å². The van der Waals surface area contributed by atoms with Crippen molar-refractivity contribution in [1.29, 1.82) is 0 Å². The molecule has 0 amide bonds. The van der Waals surface area contributed by atoms with E-state index in [1.807, 2.05) is 12.1 Å². The van der Waals surface area contributed by atoms with Gasteiger partial charge in [0.25, 0.3) is 0 Å². The minimum Gasteiger partial charge on any atom is -0.399 e. The summed E-state index contributed by atoms with van der Waals surface area (Å²) in [6, 6.07) is 8.30. The summed E-state index contributed by atoms with van der Waals surface area (Å²) in [5, 5.41) is 0. The summed E-state index contributed by atoms with van der Waals surface area (Å²) in [7, 11) is 0. The number of nitrogens with two attached hydrogens (primary N) is 1. The summed E-state index contributed by atoms with van der Waals surface area (Å²) >= 11 is 0. The zero-order valence-corrected chi connectivity index (χ0v) is 8.87. The van der Waals surface area contributed by atoms with Crippen LogP contribution >= 0.6 is 0 Å². The second kappa shape index (κ2) is 4.04. The van der Waals surface area contributed by atoms with E-state index in [0.29, 0.717) is 0 Å². The third-order valence-electron chi connectivity index (χ3n) is 3.29. The van der Waals surface area contributed by atoms with Crippen LogP contribution in [0.5, 0.6) is 0 Å². The van der Waals surface area contributed by atoms with E-state index in [0.717, 1.165) is 17.5 Å². The molecule has 1 aromatic rings. The van der Waals surface area contributed by atoms with Gasteiger partial charge in [0.05, 0.1) is 0 Å². The number of hydrogen-bond donors (Lipinski definition) is 1. The molecule has 0 aromatic heterocycles. The molecule has 0 spiro atoms. The fraction of sp³-hybridized carbons (Fsp3) is 0.538. The van der Waals surface area contributed by atoms with Gasteiger partial charge >= 0.3 is 0 Å². The van der Waals surface area contributed by atoms with Gasteiger partial charge in [0.15, 0.2) is 0 Å². The lowest BCUT2D eigenvalue weighted by Gasteiger charge is -2.32. The van der Waals surface area contributed by atoms with Crippen LogP contribution in [-0.4, -0.2) is 0 Å². The summed E-state index contributed by atoms with van der Waals surface area (Å²) in [4.78, 5) is 0. The quantitative estimate of drug-likeness (QED) is 0.726. The summed E-state index contributed by atoms with van der Waals surface area (Å²) in [6.07, 6.45) is 5.45. The molecule has 0 unspecified atom stereocenters. The van der Waals surface area contributed by atoms with E-state index >= 15 is 0 Å². The summed E-state index contributed by atoms with van der Waals surface area (Å²) in [5.74, 6) is 1.97. The maximum atomic E-state index is 5.64. The topological polar surface area (TPSA) is 26.0 Å². The predicted molar refractivity (Wildman–Crippen MR) is 61.1 cm³/mol. The van der Waals surface area contributed by atoms with Crippen molar-refractivity contribution in [1.82, 2.24) is 0 Å². The number of benzene rings is 1. The van der Waals surface area contributed by atoms with E-state index in [1.54, 1.807) is 0 Å². The van der Waals surface area contributed by atoms with Crippen molar-refractivity contribution in [2.75, 3.05) is 5.73 Å². The molecular weight excluding hydrogens is 170 g/mol. The molecule has 2 N–H and O–H groups in total. The predicted octanol–water partition coefficient (Wildman–Crippen LogP) is 3.25. The van der Waals surface area contributed by atoms with Crippen molar-refractivity contribution >= 4 is 5.69 Å². The molecule has 1 saturated carbocycles. The monoisotopic (exact) mass is 189 g/mol. The first-order valence-electron chi connectivity index (χ1n) is 5.58. The van der Waals surface area contributed by atoms with E-state index < -0.39 is 0 Å². The lowest BCUT2D eigenvalue weighted by molar-refractivity contribution is 0.200. The van der Waals surface area contributed by atoms with Crippen molar-refractivity contribution in [2.24, 2.45) is 11.8 Å². The van der Waals surface area contributed by atoms with Gasteiger partial charge in [0.2, 0.25) is 0 Å². The van der Waals surface area contributed by atoms with Gasteiger partial charge in [0.1, 0.15) is 0 Å². The summed E-state index contributed by atoms with van der Waals surface area (Å²) in [6.45, 7) is 2.35. The molecule has 76 valence electrons. The van der Waals surface area contributed by atoms with Crippen molar-refractivity contribution in [2.45, 2.75) is 32.6 Å². The van der Waals surface area contributed by atoms with E-state index in [9.17, 15) is 0 Å². The number of aryl methyl sites for hydroxylation is 1. The van der Waals surface area contributed by atoms with Crippen LogP contribution in [0.15, 0.2) is 24.3 Å². The van der Waals surface area contributed by atoms with Gasteiger partial charge in [-0.2, -0.15) is 0 Å². The highest BCUT2D eigenvalue weighted by Crippen LogP contribution is 2.36. The van der Waals surface area contributed by atoms with Crippen molar-refractivity contribution in [3.63, 3.8) is 0 Å². The second-order valence-electron chi connectivity index (χ2n) is 4.72. The first-order chi connectivity index (χ1) is 6.74. The van der Waals surface area contributed by atoms with E-state index in [4.69, 9.17) is 5.73 Å². The Balaban J connectivity index is 1.78. The molecule has 2 rings (SSSR count). The first kappa shape index (κ1) is 9.57. The van der Waals surface area contributed by atoms with Gasteiger partial charge in [-0.3, -0.25) is 0 Å². The molecule has 1 aromatic carbocycles. The molecule has 0 saturated heterocycles. The third kappa shape index (κ3) is 2.28. The smallest absolute Gasteiger partial charge is 0.0314 e. The Morgan fingerprint density at radius 1 is 1.21 bits per heavy atom. The molecule has 0 aliphatic heterocycles. The normalized spacial score (nSPS) is 25.8. The van der Waals surface area contributed by atoms with Crippen LogP contribution in [-0.2, 0) is 6.42 Å². The Hall–Kier alpha value is -0.980. The molecule has 1 fully saturated rings. The minimum absolute atomic E-state index is 0.867. The van der Waals surface area contributed by atoms with Crippen LogP contribution in [0.4, 0.5) is 5.69 Å². The Morgan fingerprint density at radius 3 is 2.43 bits per heavy atom. The highest BCUT2D eigenvalue weighted by Gasteiger charge is 2.24. The fourth-order valence-corrected chi connectivity index (χ4v) is 2.36. The van der Waals surface area contributed by atoms with Gasteiger partial charge in [-0.1, -0.05) is 19.1 Å². The maximum Gasteiger partial charge on any atom is 0.0314 e. The van der Waals surface area contributed by atoms with Gasteiger partial charge in [-0.05, 0) is 55.2 Å². The Bertz CT molecular complexity index is 283. The molecule has 14 heavy (non-hydrogen) atoms. The highest BCUT2D eigenvalue weighted by atomic mass is 14.5. The Morgan fingerprint density at radius 2 is 1.86 bits per heavy atom. The Kier molecular flexibility index (Phi) is 2.76. The highest BCUT2D eigenvalue weighted by molar-refractivity contribution is 5.39. The SMILES string of the molecule is CC1CC(CCc2ccc(N)cc2)C1. The average molecular weight is 189 g/mol. The summed E-state index contributed by atoms with van der Waals surface area (Å²) in [5.41, 5.74) is 7.93. The van der Waals surface area contributed by atoms with Gasteiger partial charge in [0, 0.05) is 5.69 Å². The number of rotatable bonds is 3. The summed E-state index contributed by atoms with van der Waals surface area (Å²) < 4.78 is 0. The molecule has 1 heteroatoms. The number of nitrogen functional groups attached to an aromatic ring is 1. The Labute approximate surface area is 86.3 Å².